The van der Waals surface area contributed by atoms with Gasteiger partial charge in [-0.3, -0.25) is 0 Å². The van der Waals surface area contributed by atoms with Crippen molar-refractivity contribution >= 4 is 0 Å². The summed E-state index contributed by atoms with van der Waals surface area (Å²) < 4.78 is 0. The van der Waals surface area contributed by atoms with E-state index in [0.29, 0.717) is 0 Å². The molecule has 1 aliphatic rings. The van der Waals surface area contributed by atoms with Crippen LogP contribution in [-0.4, -0.2) is 12.1 Å². The molecule has 0 aliphatic carbocycles. The number of rotatable bonds is 4. The Labute approximate surface area is 81.2 Å². The maximum Gasteiger partial charge on any atom is 0.0524 e. The minimum absolute atomic E-state index is 0.107. The maximum atomic E-state index is 3.41. The summed E-state index contributed by atoms with van der Waals surface area (Å²) in [5.74, 6) is 0. The molecule has 0 radical (unpaired) electrons. The van der Waals surface area contributed by atoms with Crippen molar-refractivity contribution in [2.45, 2.75) is 32.2 Å². The highest BCUT2D eigenvalue weighted by atomic mass is 15.0. The summed E-state index contributed by atoms with van der Waals surface area (Å²) in [6, 6.07) is 0. The second kappa shape index (κ2) is 5.03. The number of nitrogens with one attached hydrogen (secondary N) is 1. The third kappa shape index (κ3) is 3.60. The Hall–Kier alpha value is -0.820. The molecule has 0 saturated heterocycles. The molecule has 0 aromatic carbocycles. The Kier molecular flexibility index (Phi) is 3.97. The minimum Gasteiger partial charge on any atom is -0.301 e. The average molecular weight is 177 g/mol. The fourth-order valence-corrected chi connectivity index (χ4v) is 1.44. The van der Waals surface area contributed by atoms with Crippen LogP contribution in [0.3, 0.4) is 0 Å². The molecule has 0 bridgehead atoms. The van der Waals surface area contributed by atoms with E-state index in [4.69, 9.17) is 0 Å². The lowest BCUT2D eigenvalue weighted by Crippen LogP contribution is -2.33. The van der Waals surface area contributed by atoms with E-state index in [1.165, 1.54) is 0 Å². The van der Waals surface area contributed by atoms with Crippen molar-refractivity contribution in [1.29, 1.82) is 0 Å². The van der Waals surface area contributed by atoms with E-state index in [0.717, 1.165) is 19.4 Å². The van der Waals surface area contributed by atoms with Gasteiger partial charge in [-0.05, 0) is 26.7 Å². The number of hydrogen-bond acceptors (Lipinski definition) is 1. The van der Waals surface area contributed by atoms with Gasteiger partial charge in [0.1, 0.15) is 0 Å². The molecule has 0 fully saturated rings. The molecule has 0 aromatic rings. The van der Waals surface area contributed by atoms with Crippen LogP contribution in [0.25, 0.3) is 0 Å². The van der Waals surface area contributed by atoms with Gasteiger partial charge in [0.05, 0.1) is 5.54 Å². The SMILES string of the molecule is C/C=C\CC/C=C/C1(C)C=CCN1. The summed E-state index contributed by atoms with van der Waals surface area (Å²) in [5.41, 5.74) is 0.107. The fourth-order valence-electron chi connectivity index (χ4n) is 1.44. The molecule has 1 aliphatic heterocycles. The molecule has 1 nitrogen and oxygen atoms in total. The van der Waals surface area contributed by atoms with Crippen LogP contribution in [0, 0.1) is 0 Å². The van der Waals surface area contributed by atoms with Crippen LogP contribution in [0.2, 0.25) is 0 Å². The number of hydrogen-bond donors (Lipinski definition) is 1. The topological polar surface area (TPSA) is 12.0 Å². The van der Waals surface area contributed by atoms with Crippen molar-refractivity contribution in [1.82, 2.24) is 5.32 Å². The summed E-state index contributed by atoms with van der Waals surface area (Å²) in [5, 5.41) is 3.41. The van der Waals surface area contributed by atoms with Gasteiger partial charge in [-0.2, -0.15) is 0 Å². The highest BCUT2D eigenvalue weighted by Gasteiger charge is 2.18. The van der Waals surface area contributed by atoms with Gasteiger partial charge < -0.3 is 5.32 Å². The third-order valence-corrected chi connectivity index (χ3v) is 2.26. The lowest BCUT2D eigenvalue weighted by Gasteiger charge is -2.17. The van der Waals surface area contributed by atoms with Crippen LogP contribution in [0.1, 0.15) is 26.7 Å². The first-order valence-electron chi connectivity index (χ1n) is 4.98. The molecule has 1 atom stereocenters. The third-order valence-electron chi connectivity index (χ3n) is 2.26. The number of allylic oxidation sites excluding steroid dienone is 3. The summed E-state index contributed by atoms with van der Waals surface area (Å²) in [6.07, 6.45) is 15.5. The zero-order valence-corrected chi connectivity index (χ0v) is 8.59. The van der Waals surface area contributed by atoms with Gasteiger partial charge in [-0.25, -0.2) is 0 Å². The van der Waals surface area contributed by atoms with Crippen molar-refractivity contribution in [2.24, 2.45) is 0 Å². The quantitative estimate of drug-likeness (QED) is 0.514. The van der Waals surface area contributed by atoms with Crippen LogP contribution in [0.4, 0.5) is 0 Å². The highest BCUT2D eigenvalue weighted by Crippen LogP contribution is 2.13. The molecule has 1 N–H and O–H groups in total. The van der Waals surface area contributed by atoms with Crippen molar-refractivity contribution in [2.75, 3.05) is 6.54 Å². The highest BCUT2D eigenvalue weighted by molar-refractivity contribution is 5.21. The molecule has 1 unspecified atom stereocenters. The zero-order valence-electron chi connectivity index (χ0n) is 8.59. The Morgan fingerprint density at radius 3 is 2.77 bits per heavy atom. The first kappa shape index (κ1) is 10.3. The van der Waals surface area contributed by atoms with Crippen LogP contribution in [0.5, 0.6) is 0 Å². The fraction of sp³-hybridized carbons (Fsp3) is 0.500. The van der Waals surface area contributed by atoms with E-state index in [-0.39, 0.29) is 5.54 Å². The Morgan fingerprint density at radius 1 is 1.38 bits per heavy atom. The molecule has 1 heterocycles. The van der Waals surface area contributed by atoms with Gasteiger partial charge in [-0.15, -0.1) is 0 Å². The van der Waals surface area contributed by atoms with Crippen molar-refractivity contribution in [3.8, 4) is 0 Å². The van der Waals surface area contributed by atoms with E-state index in [9.17, 15) is 0 Å². The average Bonchev–Trinajstić information content (AvgIpc) is 2.53. The molecule has 0 amide bonds. The maximum absolute atomic E-state index is 3.41. The van der Waals surface area contributed by atoms with E-state index in [1.54, 1.807) is 0 Å². The Bertz CT molecular complexity index is 225. The monoisotopic (exact) mass is 177 g/mol. The standard InChI is InChI=1S/C12H19N/c1-3-4-5-6-7-9-12(2)10-8-11-13-12/h3-4,7-10,13H,5-6,11H2,1-2H3/b4-3-,9-7+. The van der Waals surface area contributed by atoms with E-state index in [1.807, 2.05) is 0 Å². The molecular weight excluding hydrogens is 158 g/mol. The van der Waals surface area contributed by atoms with Gasteiger partial charge in [0, 0.05) is 6.54 Å². The molecule has 0 aromatic heterocycles. The van der Waals surface area contributed by atoms with Crippen LogP contribution < -0.4 is 5.32 Å². The normalized spacial score (nSPS) is 28.2. The van der Waals surface area contributed by atoms with E-state index >= 15 is 0 Å². The first-order chi connectivity index (χ1) is 6.27. The lowest BCUT2D eigenvalue weighted by atomic mass is 10.0. The molecule has 0 saturated carbocycles. The molecule has 72 valence electrons. The second-order valence-electron chi connectivity index (χ2n) is 3.61. The van der Waals surface area contributed by atoms with E-state index in [2.05, 4.69) is 55.6 Å². The van der Waals surface area contributed by atoms with Crippen molar-refractivity contribution in [3.05, 3.63) is 36.5 Å². The smallest absolute Gasteiger partial charge is 0.0524 e. The Balaban J connectivity index is 2.26. The lowest BCUT2D eigenvalue weighted by molar-refractivity contribution is 0.590. The first-order valence-corrected chi connectivity index (χ1v) is 4.98. The predicted octanol–water partition coefficient (Wildman–Crippen LogP) is 2.82. The Morgan fingerprint density at radius 2 is 2.15 bits per heavy atom. The van der Waals surface area contributed by atoms with E-state index < -0.39 is 0 Å². The minimum atomic E-state index is 0.107. The van der Waals surface area contributed by atoms with Gasteiger partial charge in [0.25, 0.3) is 0 Å². The van der Waals surface area contributed by atoms with Crippen LogP contribution >= 0.6 is 0 Å². The summed E-state index contributed by atoms with van der Waals surface area (Å²) in [4.78, 5) is 0. The van der Waals surface area contributed by atoms with Crippen molar-refractivity contribution < 1.29 is 0 Å². The summed E-state index contributed by atoms with van der Waals surface area (Å²) in [7, 11) is 0. The summed E-state index contributed by atoms with van der Waals surface area (Å²) >= 11 is 0. The van der Waals surface area contributed by atoms with Gasteiger partial charge in [-0.1, -0.05) is 36.5 Å². The molecule has 1 rings (SSSR count). The zero-order chi connectivity index (χ0) is 9.57. The predicted molar refractivity (Wildman–Crippen MR) is 58.7 cm³/mol. The molecule has 1 heteroatoms. The van der Waals surface area contributed by atoms with Crippen LogP contribution in [0.15, 0.2) is 36.5 Å². The largest absolute Gasteiger partial charge is 0.301 e. The molecule has 13 heavy (non-hydrogen) atoms. The van der Waals surface area contributed by atoms with Gasteiger partial charge in [0.15, 0.2) is 0 Å². The van der Waals surface area contributed by atoms with Gasteiger partial charge in [0.2, 0.25) is 0 Å². The number of unbranched alkanes of at least 4 members (excludes halogenated alkanes) is 1. The van der Waals surface area contributed by atoms with Crippen LogP contribution in [-0.2, 0) is 0 Å². The van der Waals surface area contributed by atoms with Gasteiger partial charge >= 0.3 is 0 Å². The molecule has 0 spiro atoms. The summed E-state index contributed by atoms with van der Waals surface area (Å²) in [6.45, 7) is 5.25. The van der Waals surface area contributed by atoms with Crippen molar-refractivity contribution in [3.63, 3.8) is 0 Å². The second-order valence-corrected chi connectivity index (χ2v) is 3.61. The molecular formula is C12H19N.